The van der Waals surface area contributed by atoms with E-state index in [9.17, 15) is 14.4 Å². The van der Waals surface area contributed by atoms with Gasteiger partial charge in [0.2, 0.25) is 0 Å². The van der Waals surface area contributed by atoms with Crippen molar-refractivity contribution in [3.63, 3.8) is 0 Å². The van der Waals surface area contributed by atoms with Crippen molar-refractivity contribution >= 4 is 17.9 Å². The third kappa shape index (κ3) is 27.6. The molecule has 0 unspecified atom stereocenters. The van der Waals surface area contributed by atoms with Crippen LogP contribution in [0.15, 0.2) is 50.6 Å². The molecular formula is C15H24O9. The van der Waals surface area contributed by atoms with Gasteiger partial charge >= 0.3 is 17.9 Å². The minimum atomic E-state index is -0.981. The smallest absolute Gasteiger partial charge is 0.327 e. The van der Waals surface area contributed by atoms with Gasteiger partial charge in [-0.15, -0.1) is 6.58 Å². The monoisotopic (exact) mass is 348 g/mol. The number of hydrogen-bond acceptors (Lipinski definition) is 6. The number of rotatable bonds is 7. The molecule has 0 heterocycles. The van der Waals surface area contributed by atoms with Crippen molar-refractivity contribution < 1.29 is 45.0 Å². The minimum Gasteiger partial charge on any atom is -0.478 e. The predicted molar refractivity (Wildman–Crippen MR) is 87.4 cm³/mol. The summed E-state index contributed by atoms with van der Waals surface area (Å²) < 4.78 is 0. The van der Waals surface area contributed by atoms with Gasteiger partial charge in [-0.3, -0.25) is 0 Å². The van der Waals surface area contributed by atoms with E-state index in [1.54, 1.807) is 0 Å². The fourth-order valence-electron chi connectivity index (χ4n) is 0.344. The van der Waals surface area contributed by atoms with E-state index in [4.69, 9.17) is 30.6 Å². The van der Waals surface area contributed by atoms with Gasteiger partial charge in [0.1, 0.15) is 0 Å². The highest BCUT2D eigenvalue weighted by molar-refractivity contribution is 5.79. The van der Waals surface area contributed by atoms with E-state index in [0.717, 1.165) is 18.2 Å². The van der Waals surface area contributed by atoms with Gasteiger partial charge in [-0.05, 0) is 0 Å². The number of carbonyl (C=O) groups is 3. The fourth-order valence-corrected chi connectivity index (χ4v) is 0.344. The van der Waals surface area contributed by atoms with Crippen LogP contribution in [0, 0.1) is 5.41 Å². The molecule has 0 aromatic carbocycles. The van der Waals surface area contributed by atoms with Crippen molar-refractivity contribution in [2.24, 2.45) is 5.41 Å². The first-order valence-electron chi connectivity index (χ1n) is 6.08. The lowest BCUT2D eigenvalue weighted by atomic mass is 9.92. The van der Waals surface area contributed by atoms with Crippen LogP contribution in [0.1, 0.15) is 0 Å². The summed E-state index contributed by atoms with van der Waals surface area (Å²) >= 11 is 0. The van der Waals surface area contributed by atoms with Crippen LogP contribution in [0.3, 0.4) is 0 Å². The Morgan fingerprint density at radius 2 is 0.833 bits per heavy atom. The maximum absolute atomic E-state index is 9.25. The van der Waals surface area contributed by atoms with Crippen LogP contribution < -0.4 is 0 Å². The van der Waals surface area contributed by atoms with Crippen molar-refractivity contribution in [1.29, 1.82) is 0 Å². The van der Waals surface area contributed by atoms with Gasteiger partial charge in [-0.25, -0.2) is 14.4 Å². The lowest BCUT2D eigenvalue weighted by Crippen LogP contribution is -2.31. The third-order valence-electron chi connectivity index (χ3n) is 1.90. The molecule has 0 radical (unpaired) electrons. The van der Waals surface area contributed by atoms with E-state index < -0.39 is 23.3 Å². The molecule has 0 aliphatic rings. The van der Waals surface area contributed by atoms with Crippen LogP contribution >= 0.6 is 0 Å². The molecule has 0 atom stereocenters. The molecule has 24 heavy (non-hydrogen) atoms. The van der Waals surface area contributed by atoms with Crippen molar-refractivity contribution in [1.82, 2.24) is 0 Å². The van der Waals surface area contributed by atoms with E-state index in [1.807, 2.05) is 0 Å². The number of aliphatic carboxylic acids is 3. The Morgan fingerprint density at radius 3 is 0.833 bits per heavy atom. The first-order valence-corrected chi connectivity index (χ1v) is 6.08. The Morgan fingerprint density at radius 1 is 0.667 bits per heavy atom. The molecule has 0 rings (SSSR count). The summed E-state index contributed by atoms with van der Waals surface area (Å²) in [7, 11) is 0. The van der Waals surface area contributed by atoms with Gasteiger partial charge in [0.15, 0.2) is 0 Å². The van der Waals surface area contributed by atoms with Crippen LogP contribution in [-0.4, -0.2) is 68.4 Å². The first kappa shape index (κ1) is 29.3. The van der Waals surface area contributed by atoms with Gasteiger partial charge in [0.25, 0.3) is 0 Å². The van der Waals surface area contributed by atoms with E-state index in [1.165, 1.54) is 6.08 Å². The summed E-state index contributed by atoms with van der Waals surface area (Å²) in [5.41, 5.74) is -0.903. The molecule has 0 saturated carbocycles. The van der Waals surface area contributed by atoms with Crippen LogP contribution in [0.4, 0.5) is 0 Å². The Labute approximate surface area is 139 Å². The number of hydrogen-bond donors (Lipinski definition) is 6. The highest BCUT2D eigenvalue weighted by Crippen LogP contribution is 2.14. The standard InChI is InChI=1S/C6H12O3.3C3H4O2/c1-2-6(3-7,4-8)5-9;3*1-2-3(4)5/h2,7-9H,1,3-5H2;3*2H,1H2,(H,4,5). The van der Waals surface area contributed by atoms with Gasteiger partial charge in [-0.1, -0.05) is 25.8 Å². The minimum absolute atomic E-state index is 0.274. The average molecular weight is 348 g/mol. The SMILES string of the molecule is C=CC(=O)O.C=CC(=O)O.C=CC(=O)O.C=CC(CO)(CO)CO. The molecule has 0 aliphatic heterocycles. The van der Waals surface area contributed by atoms with Gasteiger partial charge in [0.05, 0.1) is 25.2 Å². The summed E-state index contributed by atoms with van der Waals surface area (Å²) in [5, 5.41) is 48.6. The molecule has 6 N–H and O–H groups in total. The van der Waals surface area contributed by atoms with Gasteiger partial charge < -0.3 is 30.6 Å². The third-order valence-corrected chi connectivity index (χ3v) is 1.90. The Kier molecular flexibility index (Phi) is 24.7. The van der Waals surface area contributed by atoms with Crippen molar-refractivity contribution in [3.05, 3.63) is 50.6 Å². The Balaban J connectivity index is -0.000000116. The van der Waals surface area contributed by atoms with E-state index in [-0.39, 0.29) is 19.8 Å². The molecular weight excluding hydrogens is 324 g/mol. The largest absolute Gasteiger partial charge is 0.478 e. The fraction of sp³-hybridized carbons (Fsp3) is 0.267. The molecule has 0 fully saturated rings. The molecule has 9 nitrogen and oxygen atoms in total. The quantitative estimate of drug-likeness (QED) is 0.271. The van der Waals surface area contributed by atoms with Gasteiger partial charge in [0, 0.05) is 18.2 Å². The summed E-state index contributed by atoms with van der Waals surface area (Å²) in [6.07, 6.45) is 3.85. The zero-order valence-electron chi connectivity index (χ0n) is 13.2. The highest BCUT2D eigenvalue weighted by Gasteiger charge is 2.22. The average Bonchev–Trinajstić information content (AvgIpc) is 2.59. The van der Waals surface area contributed by atoms with Crippen molar-refractivity contribution in [2.75, 3.05) is 19.8 Å². The predicted octanol–water partition coefficient (Wildman–Crippen LogP) is -0.0933. The molecule has 0 aromatic rings. The number of aliphatic hydroxyl groups excluding tert-OH is 3. The normalized spacial score (nSPS) is 8.29. The van der Waals surface area contributed by atoms with Crippen LogP contribution in [-0.2, 0) is 14.4 Å². The van der Waals surface area contributed by atoms with Crippen molar-refractivity contribution in [3.8, 4) is 0 Å². The lowest BCUT2D eigenvalue weighted by molar-refractivity contribution is -0.132. The molecule has 0 amide bonds. The van der Waals surface area contributed by atoms with E-state index in [2.05, 4.69) is 26.3 Å². The molecule has 0 saturated heterocycles. The zero-order valence-corrected chi connectivity index (χ0v) is 13.2. The maximum Gasteiger partial charge on any atom is 0.327 e. The second-order valence-electron chi connectivity index (χ2n) is 3.67. The Hall–Kier alpha value is -2.75. The van der Waals surface area contributed by atoms with Gasteiger partial charge in [-0.2, -0.15) is 0 Å². The number of carboxylic acid groups (broad SMARTS) is 3. The first-order chi connectivity index (χ1) is 11.1. The molecule has 0 spiro atoms. The second kappa shape index (κ2) is 20.2. The van der Waals surface area contributed by atoms with Crippen molar-refractivity contribution in [2.45, 2.75) is 0 Å². The molecule has 0 aliphatic carbocycles. The van der Waals surface area contributed by atoms with E-state index >= 15 is 0 Å². The van der Waals surface area contributed by atoms with Crippen LogP contribution in [0.25, 0.3) is 0 Å². The molecule has 0 bridgehead atoms. The molecule has 0 aromatic heterocycles. The number of aliphatic hydroxyl groups is 3. The summed E-state index contributed by atoms with van der Waals surface area (Å²) in [5.74, 6) is -2.94. The van der Waals surface area contributed by atoms with Crippen LogP contribution in [0.5, 0.6) is 0 Å². The zero-order chi connectivity index (χ0) is 20.2. The second-order valence-corrected chi connectivity index (χ2v) is 3.67. The molecule has 138 valence electrons. The maximum atomic E-state index is 9.25. The lowest BCUT2D eigenvalue weighted by Gasteiger charge is -2.21. The Bertz CT molecular complexity index is 358. The highest BCUT2D eigenvalue weighted by atomic mass is 16.4. The molecule has 9 heteroatoms. The summed E-state index contributed by atoms with van der Waals surface area (Å²) in [6.45, 7) is 11.4. The van der Waals surface area contributed by atoms with Crippen LogP contribution in [0.2, 0.25) is 0 Å². The topological polar surface area (TPSA) is 173 Å². The van der Waals surface area contributed by atoms with E-state index in [0.29, 0.717) is 0 Å². The number of carboxylic acids is 3. The summed E-state index contributed by atoms with van der Waals surface area (Å²) in [4.78, 5) is 27.8. The summed E-state index contributed by atoms with van der Waals surface area (Å²) in [6, 6.07) is 0.